The highest BCUT2D eigenvalue weighted by Crippen LogP contribution is 2.42. The van der Waals surface area contributed by atoms with Crippen LogP contribution in [0.2, 0.25) is 0 Å². The molecule has 0 aliphatic carbocycles. The summed E-state index contributed by atoms with van der Waals surface area (Å²) in [6.07, 6.45) is 10.6. The summed E-state index contributed by atoms with van der Waals surface area (Å²) < 4.78 is 0. The van der Waals surface area contributed by atoms with Gasteiger partial charge in [-0.2, -0.15) is 0 Å². The lowest BCUT2D eigenvalue weighted by atomic mass is 9.69. The largest absolute Gasteiger partial charge is 0.388 e. The van der Waals surface area contributed by atoms with Crippen LogP contribution in [0.15, 0.2) is 41.2 Å². The van der Waals surface area contributed by atoms with Crippen LogP contribution in [0.25, 0.3) is 0 Å². The van der Waals surface area contributed by atoms with E-state index >= 15 is 0 Å². The molecule has 0 saturated carbocycles. The molecule has 1 atom stereocenters. The van der Waals surface area contributed by atoms with E-state index in [0.717, 1.165) is 25.7 Å². The second-order valence-electron chi connectivity index (χ2n) is 9.83. The molecule has 176 valence electrons. The van der Waals surface area contributed by atoms with E-state index < -0.39 is 0 Å². The van der Waals surface area contributed by atoms with E-state index in [9.17, 15) is 0 Å². The second kappa shape index (κ2) is 10.4. The molecule has 3 aliphatic heterocycles. The maximum absolute atomic E-state index is 4.47. The van der Waals surface area contributed by atoms with Crippen molar-refractivity contribution < 1.29 is 0 Å². The van der Waals surface area contributed by atoms with Crippen molar-refractivity contribution in [3.8, 4) is 0 Å². The molecule has 1 aromatic rings. The van der Waals surface area contributed by atoms with Gasteiger partial charge in [-0.1, -0.05) is 18.2 Å². The number of allylic oxidation sites excluding steroid dienone is 1. The van der Waals surface area contributed by atoms with Crippen LogP contribution >= 0.6 is 0 Å². The molecule has 0 bridgehead atoms. The molecule has 3 heterocycles. The normalized spacial score (nSPS) is 25.1. The number of aliphatic imine (C=N–C) groups is 1. The SMILES string of the molecule is CNCCC1(c2ccccc2NC)CCN(C2CCN(C3C=NC=C(C)N3C)CC2)CC1. The van der Waals surface area contributed by atoms with Crippen LogP contribution in [-0.2, 0) is 5.41 Å². The molecular formula is C26H42N6. The monoisotopic (exact) mass is 438 g/mol. The number of hydrogen-bond acceptors (Lipinski definition) is 6. The predicted molar refractivity (Wildman–Crippen MR) is 135 cm³/mol. The molecule has 1 aromatic carbocycles. The minimum Gasteiger partial charge on any atom is -0.388 e. The van der Waals surface area contributed by atoms with E-state index in [1.165, 1.54) is 62.1 Å². The molecule has 4 rings (SSSR count). The Morgan fingerprint density at radius 2 is 1.75 bits per heavy atom. The molecule has 1 unspecified atom stereocenters. The molecule has 0 radical (unpaired) electrons. The summed E-state index contributed by atoms with van der Waals surface area (Å²) in [6.45, 7) is 7.95. The molecule has 32 heavy (non-hydrogen) atoms. The highest BCUT2D eigenvalue weighted by Gasteiger charge is 2.39. The summed E-state index contributed by atoms with van der Waals surface area (Å²) in [6, 6.07) is 9.67. The van der Waals surface area contributed by atoms with E-state index in [1.54, 1.807) is 0 Å². The van der Waals surface area contributed by atoms with Crippen molar-refractivity contribution in [2.24, 2.45) is 4.99 Å². The summed E-state index contributed by atoms with van der Waals surface area (Å²) >= 11 is 0. The van der Waals surface area contributed by atoms with E-state index in [-0.39, 0.29) is 5.41 Å². The lowest BCUT2D eigenvalue weighted by Crippen LogP contribution is -2.55. The van der Waals surface area contributed by atoms with Crippen molar-refractivity contribution in [2.75, 3.05) is 59.2 Å². The summed E-state index contributed by atoms with van der Waals surface area (Å²) in [4.78, 5) is 12.2. The van der Waals surface area contributed by atoms with Crippen molar-refractivity contribution in [3.05, 3.63) is 41.7 Å². The minimum absolute atomic E-state index is 0.269. The average molecular weight is 439 g/mol. The van der Waals surface area contributed by atoms with Gasteiger partial charge < -0.3 is 20.4 Å². The number of nitrogens with zero attached hydrogens (tertiary/aromatic N) is 4. The first-order valence-corrected chi connectivity index (χ1v) is 12.4. The summed E-state index contributed by atoms with van der Waals surface area (Å²) in [7, 11) is 6.32. The van der Waals surface area contributed by atoms with Crippen LogP contribution in [0.5, 0.6) is 0 Å². The van der Waals surface area contributed by atoms with Gasteiger partial charge in [-0.25, -0.2) is 0 Å². The Bertz CT molecular complexity index is 802. The summed E-state index contributed by atoms with van der Waals surface area (Å²) in [5.41, 5.74) is 4.32. The molecule has 0 spiro atoms. The maximum Gasteiger partial charge on any atom is 0.118 e. The highest BCUT2D eigenvalue weighted by molar-refractivity contribution is 5.66. The fraction of sp³-hybridized carbons (Fsp3) is 0.654. The van der Waals surface area contributed by atoms with Gasteiger partial charge in [0.1, 0.15) is 6.17 Å². The third-order valence-corrected chi connectivity index (χ3v) is 8.20. The first-order valence-electron chi connectivity index (χ1n) is 12.4. The quantitative estimate of drug-likeness (QED) is 0.684. The number of hydrogen-bond donors (Lipinski definition) is 2. The van der Waals surface area contributed by atoms with Gasteiger partial charge in [0.05, 0.1) is 0 Å². The lowest BCUT2D eigenvalue weighted by Gasteiger charge is -2.48. The Balaban J connectivity index is 1.37. The third-order valence-electron chi connectivity index (χ3n) is 8.20. The van der Waals surface area contributed by atoms with Crippen LogP contribution < -0.4 is 10.6 Å². The first-order chi connectivity index (χ1) is 15.6. The zero-order valence-corrected chi connectivity index (χ0v) is 20.5. The lowest BCUT2D eigenvalue weighted by molar-refractivity contribution is 0.0415. The Hall–Kier alpha value is -1.89. The predicted octanol–water partition coefficient (Wildman–Crippen LogP) is 3.34. The van der Waals surface area contributed by atoms with E-state index in [2.05, 4.69) is 88.9 Å². The molecule has 0 aromatic heterocycles. The second-order valence-corrected chi connectivity index (χ2v) is 9.83. The number of likely N-dealkylation sites (tertiary alicyclic amines) is 2. The molecule has 6 nitrogen and oxygen atoms in total. The van der Waals surface area contributed by atoms with Gasteiger partial charge in [0.15, 0.2) is 0 Å². The number of anilines is 1. The number of para-hydroxylation sites is 1. The zero-order chi connectivity index (χ0) is 22.6. The van der Waals surface area contributed by atoms with Crippen LogP contribution in [0.1, 0.15) is 44.6 Å². The number of rotatable bonds is 7. The van der Waals surface area contributed by atoms with Crippen molar-refractivity contribution in [1.29, 1.82) is 0 Å². The fourth-order valence-electron chi connectivity index (χ4n) is 5.98. The maximum atomic E-state index is 4.47. The Morgan fingerprint density at radius 1 is 1.03 bits per heavy atom. The van der Waals surface area contributed by atoms with E-state index in [1.807, 2.05) is 6.20 Å². The van der Waals surface area contributed by atoms with Crippen LogP contribution in [0, 0.1) is 0 Å². The van der Waals surface area contributed by atoms with Gasteiger partial charge in [-0.3, -0.25) is 9.89 Å². The zero-order valence-electron chi connectivity index (χ0n) is 20.5. The summed E-state index contributed by atoms with van der Waals surface area (Å²) in [5.74, 6) is 0. The van der Waals surface area contributed by atoms with Gasteiger partial charge >= 0.3 is 0 Å². The Labute approximate surface area is 194 Å². The van der Waals surface area contributed by atoms with Gasteiger partial charge in [0, 0.05) is 62.4 Å². The molecule has 2 saturated heterocycles. The standard InChI is InChI=1S/C26H42N6/c1-21-19-29-20-25(30(21)4)32-15-9-22(10-16-32)31-17-12-26(13-18-31,11-14-27-2)23-7-5-6-8-24(23)28-3/h5-8,19-20,22,25,27-28H,9-18H2,1-4H3. The van der Waals surface area contributed by atoms with Crippen molar-refractivity contribution in [2.45, 2.75) is 56.7 Å². The Morgan fingerprint density at radius 3 is 2.44 bits per heavy atom. The number of piperidine rings is 2. The van der Waals surface area contributed by atoms with Crippen molar-refractivity contribution in [3.63, 3.8) is 0 Å². The van der Waals surface area contributed by atoms with Gasteiger partial charge in [0.25, 0.3) is 0 Å². The van der Waals surface area contributed by atoms with E-state index in [4.69, 9.17) is 0 Å². The van der Waals surface area contributed by atoms with Crippen LogP contribution in [-0.4, -0.2) is 87.0 Å². The molecule has 3 aliphatic rings. The number of benzene rings is 1. The molecule has 0 amide bonds. The average Bonchev–Trinajstić information content (AvgIpc) is 2.85. The molecular weight excluding hydrogens is 396 g/mol. The fourth-order valence-corrected chi connectivity index (χ4v) is 5.98. The van der Waals surface area contributed by atoms with Gasteiger partial charge in [0.2, 0.25) is 0 Å². The van der Waals surface area contributed by atoms with Crippen molar-refractivity contribution >= 4 is 11.9 Å². The highest BCUT2D eigenvalue weighted by atomic mass is 15.4. The third kappa shape index (κ3) is 4.73. The molecule has 6 heteroatoms. The van der Waals surface area contributed by atoms with Crippen LogP contribution in [0.4, 0.5) is 5.69 Å². The van der Waals surface area contributed by atoms with Crippen molar-refractivity contribution in [1.82, 2.24) is 20.0 Å². The molecule has 2 fully saturated rings. The van der Waals surface area contributed by atoms with Gasteiger partial charge in [-0.15, -0.1) is 0 Å². The topological polar surface area (TPSA) is 46.1 Å². The summed E-state index contributed by atoms with van der Waals surface area (Å²) in [5, 5.41) is 6.86. The van der Waals surface area contributed by atoms with Gasteiger partial charge in [-0.05, 0) is 77.3 Å². The molecule has 2 N–H and O–H groups in total. The number of nitrogens with one attached hydrogen (secondary N) is 2. The smallest absolute Gasteiger partial charge is 0.118 e. The first kappa shape index (κ1) is 23.3. The Kier molecular flexibility index (Phi) is 7.54. The minimum atomic E-state index is 0.269. The van der Waals surface area contributed by atoms with Crippen LogP contribution in [0.3, 0.4) is 0 Å². The van der Waals surface area contributed by atoms with E-state index in [0.29, 0.717) is 6.17 Å².